The Kier molecular flexibility index (Phi) is 11.6. The molecular formula is C21H31N2NaO3. The van der Waals surface area contributed by atoms with Gasteiger partial charge in [0.25, 0.3) is 0 Å². The topological polar surface area (TPSA) is 85.2 Å². The summed E-state index contributed by atoms with van der Waals surface area (Å²) in [6.45, 7) is 2.19. The van der Waals surface area contributed by atoms with Gasteiger partial charge in [-0.2, -0.15) is 0 Å². The van der Waals surface area contributed by atoms with Crippen LogP contribution in [-0.2, 0) is 20.7 Å². The molecule has 0 amide bonds. The molecule has 2 aromatic rings. The van der Waals surface area contributed by atoms with E-state index in [1.54, 1.807) is 0 Å². The second kappa shape index (κ2) is 13.1. The molecule has 6 heteroatoms. The van der Waals surface area contributed by atoms with Crippen LogP contribution in [-0.4, -0.2) is 23.0 Å². The molecule has 0 aliphatic heterocycles. The molecule has 0 radical (unpaired) electrons. The average molecular weight is 382 g/mol. The van der Waals surface area contributed by atoms with Gasteiger partial charge < -0.3 is 16.9 Å². The van der Waals surface area contributed by atoms with Crippen LogP contribution >= 0.6 is 0 Å². The number of H-pyrrole nitrogens is 1. The Morgan fingerprint density at radius 3 is 2.52 bits per heavy atom. The number of aromatic nitrogens is 1. The number of benzene rings is 1. The molecule has 0 spiro atoms. The van der Waals surface area contributed by atoms with E-state index in [0.29, 0.717) is 6.42 Å². The van der Waals surface area contributed by atoms with Crippen molar-refractivity contribution in [1.82, 2.24) is 4.98 Å². The molecule has 144 valence electrons. The number of fused-ring (bicyclic) bond motifs is 1. The first kappa shape index (κ1) is 23.9. The normalized spacial score (nSPS) is 11.8. The second-order valence-electron chi connectivity index (χ2n) is 6.83. The molecule has 0 unspecified atom stereocenters. The van der Waals surface area contributed by atoms with Crippen LogP contribution < -0.4 is 35.3 Å². The predicted octanol–water partition coefficient (Wildman–Crippen LogP) is 1.36. The number of rotatable bonds is 11. The van der Waals surface area contributed by atoms with Crippen LogP contribution in [0.3, 0.4) is 0 Å². The minimum absolute atomic E-state index is 0. The van der Waals surface area contributed by atoms with E-state index in [-0.39, 0.29) is 37.4 Å². The molecule has 0 fully saturated rings. The molecule has 5 nitrogen and oxygen atoms in total. The summed E-state index contributed by atoms with van der Waals surface area (Å²) in [5.41, 5.74) is 7.88. The molecule has 0 aliphatic rings. The quantitative estimate of drug-likeness (QED) is 0.266. The Balaban J connectivity index is 0.00000364. The standard InChI is InChI=1S/C21H30N2O3.Na.H/c1-2-3-4-5-6-7-8-13-20(24)26-21(25)18(22)14-16-15-23-19-12-10-9-11-17(16)19;;/h9-12,15,18,23H,2-8,13-14,22H2,1H3;;/q;+1;-1/t18-;;/m0../s1. The first-order chi connectivity index (χ1) is 12.6. The number of hydrogen-bond acceptors (Lipinski definition) is 4. The van der Waals surface area contributed by atoms with Crippen LogP contribution in [0.25, 0.3) is 10.9 Å². The molecule has 0 saturated carbocycles. The predicted molar refractivity (Wildman–Crippen MR) is 105 cm³/mol. The van der Waals surface area contributed by atoms with Crippen LogP contribution in [0.4, 0.5) is 0 Å². The Morgan fingerprint density at radius 2 is 1.78 bits per heavy atom. The summed E-state index contributed by atoms with van der Waals surface area (Å²) in [6, 6.07) is 6.99. The summed E-state index contributed by atoms with van der Waals surface area (Å²) >= 11 is 0. The molecule has 2 rings (SSSR count). The fraction of sp³-hybridized carbons (Fsp3) is 0.524. The maximum atomic E-state index is 12.0. The van der Waals surface area contributed by atoms with Crippen LogP contribution in [0.5, 0.6) is 0 Å². The third-order valence-electron chi connectivity index (χ3n) is 4.62. The van der Waals surface area contributed by atoms with Gasteiger partial charge in [-0.25, -0.2) is 4.79 Å². The van der Waals surface area contributed by atoms with Crippen LogP contribution in [0.2, 0.25) is 0 Å². The minimum atomic E-state index is -0.841. The van der Waals surface area contributed by atoms with Crippen molar-refractivity contribution in [1.29, 1.82) is 0 Å². The zero-order valence-electron chi connectivity index (χ0n) is 17.6. The number of hydrogen-bond donors (Lipinski definition) is 2. The summed E-state index contributed by atoms with van der Waals surface area (Å²) < 4.78 is 4.91. The number of nitrogens with one attached hydrogen (secondary N) is 1. The van der Waals surface area contributed by atoms with Crippen molar-refractivity contribution in [3.05, 3.63) is 36.0 Å². The summed E-state index contributed by atoms with van der Waals surface area (Å²) in [7, 11) is 0. The molecule has 27 heavy (non-hydrogen) atoms. The molecular weight excluding hydrogens is 351 g/mol. The van der Waals surface area contributed by atoms with Gasteiger partial charge in [0.2, 0.25) is 0 Å². The monoisotopic (exact) mass is 382 g/mol. The molecule has 1 heterocycles. The first-order valence-electron chi connectivity index (χ1n) is 9.67. The smallest absolute Gasteiger partial charge is 1.00 e. The van der Waals surface area contributed by atoms with Crippen LogP contribution in [0.1, 0.15) is 65.3 Å². The van der Waals surface area contributed by atoms with Gasteiger partial charge in [0, 0.05) is 29.9 Å². The van der Waals surface area contributed by atoms with Crippen molar-refractivity contribution in [3.63, 3.8) is 0 Å². The van der Waals surface area contributed by atoms with Crippen molar-refractivity contribution in [2.24, 2.45) is 5.73 Å². The zero-order chi connectivity index (χ0) is 18.8. The van der Waals surface area contributed by atoms with E-state index in [4.69, 9.17) is 10.5 Å². The van der Waals surface area contributed by atoms with Crippen molar-refractivity contribution in [2.75, 3.05) is 0 Å². The van der Waals surface area contributed by atoms with Crippen LogP contribution in [0, 0.1) is 0 Å². The summed E-state index contributed by atoms with van der Waals surface area (Å²) in [4.78, 5) is 27.0. The maximum Gasteiger partial charge on any atom is 1.00 e. The summed E-state index contributed by atoms with van der Waals surface area (Å²) in [5, 5.41) is 1.03. The van der Waals surface area contributed by atoms with Crippen molar-refractivity contribution < 1.29 is 45.3 Å². The van der Waals surface area contributed by atoms with Crippen LogP contribution in [0.15, 0.2) is 30.5 Å². The third-order valence-corrected chi connectivity index (χ3v) is 4.62. The average Bonchev–Trinajstić information content (AvgIpc) is 3.04. The van der Waals surface area contributed by atoms with Gasteiger partial charge in [-0.05, 0) is 18.1 Å². The molecule has 1 atom stereocenters. The molecule has 3 N–H and O–H groups in total. The molecule has 0 saturated heterocycles. The van der Waals surface area contributed by atoms with E-state index in [1.807, 2.05) is 30.5 Å². The SMILES string of the molecule is CCCCCCCCCC(=O)OC(=O)[C@@H](N)Cc1c[nH]c2ccccc12.[H-].[Na+]. The summed E-state index contributed by atoms with van der Waals surface area (Å²) in [6.07, 6.45) is 10.3. The Labute approximate surface area is 185 Å². The van der Waals surface area contributed by atoms with Gasteiger partial charge in [-0.15, -0.1) is 0 Å². The van der Waals surface area contributed by atoms with Gasteiger partial charge in [0.05, 0.1) is 0 Å². The molecule has 0 aliphatic carbocycles. The number of carbonyl (C=O) groups is 2. The number of para-hydroxylation sites is 1. The van der Waals surface area contributed by atoms with E-state index in [1.165, 1.54) is 25.7 Å². The fourth-order valence-electron chi connectivity index (χ4n) is 3.09. The molecule has 1 aromatic carbocycles. The van der Waals surface area contributed by atoms with Crippen molar-refractivity contribution in [2.45, 2.75) is 70.8 Å². The van der Waals surface area contributed by atoms with E-state index in [9.17, 15) is 9.59 Å². The van der Waals surface area contributed by atoms with Crippen molar-refractivity contribution >= 4 is 22.8 Å². The van der Waals surface area contributed by atoms with E-state index < -0.39 is 18.0 Å². The van der Waals surface area contributed by atoms with Gasteiger partial charge >= 0.3 is 41.5 Å². The van der Waals surface area contributed by atoms with Gasteiger partial charge in [0.1, 0.15) is 6.04 Å². The second-order valence-corrected chi connectivity index (χ2v) is 6.83. The Bertz CT molecular complexity index is 720. The van der Waals surface area contributed by atoms with E-state index in [2.05, 4.69) is 11.9 Å². The number of nitrogens with two attached hydrogens (primary N) is 1. The van der Waals surface area contributed by atoms with Crippen molar-refractivity contribution in [3.8, 4) is 0 Å². The fourth-order valence-corrected chi connectivity index (χ4v) is 3.09. The van der Waals surface area contributed by atoms with E-state index in [0.717, 1.165) is 35.7 Å². The zero-order valence-corrected chi connectivity index (χ0v) is 18.6. The number of aromatic amines is 1. The number of esters is 2. The third kappa shape index (κ3) is 8.18. The summed E-state index contributed by atoms with van der Waals surface area (Å²) in [5.74, 6) is -1.12. The first-order valence-corrected chi connectivity index (χ1v) is 9.67. The minimum Gasteiger partial charge on any atom is -1.00 e. The molecule has 1 aromatic heterocycles. The van der Waals surface area contributed by atoms with Gasteiger partial charge in [-0.1, -0.05) is 63.6 Å². The number of unbranched alkanes of at least 4 members (excludes halogenated alkanes) is 6. The largest absolute Gasteiger partial charge is 1.00 e. The Hall–Kier alpha value is -1.14. The number of ether oxygens (including phenoxy) is 1. The van der Waals surface area contributed by atoms with Gasteiger partial charge in [-0.3, -0.25) is 4.79 Å². The van der Waals surface area contributed by atoms with E-state index >= 15 is 0 Å². The Morgan fingerprint density at radius 1 is 1.11 bits per heavy atom. The number of carbonyl (C=O) groups excluding carboxylic acids is 2. The molecule has 0 bridgehead atoms. The van der Waals surface area contributed by atoms with Gasteiger partial charge in [0.15, 0.2) is 0 Å². The maximum absolute atomic E-state index is 12.0.